The average molecular weight is 424 g/mol. The molecule has 0 unspecified atom stereocenters. The van der Waals surface area contributed by atoms with Gasteiger partial charge in [-0.05, 0) is 48.3 Å². The Morgan fingerprint density at radius 1 is 1.06 bits per heavy atom. The van der Waals surface area contributed by atoms with E-state index in [4.69, 9.17) is 4.74 Å². The van der Waals surface area contributed by atoms with Gasteiger partial charge in [0.15, 0.2) is 6.61 Å². The highest BCUT2D eigenvalue weighted by atomic mass is 16.5. The molecule has 3 aliphatic rings. The molecule has 2 fully saturated rings. The van der Waals surface area contributed by atoms with Gasteiger partial charge >= 0.3 is 5.97 Å². The van der Waals surface area contributed by atoms with Crippen LogP contribution in [0.1, 0.15) is 32.8 Å². The van der Waals surface area contributed by atoms with Gasteiger partial charge in [0.2, 0.25) is 11.8 Å². The minimum atomic E-state index is -1.03. The number of benzene rings is 1. The molecule has 0 spiro atoms. The zero-order valence-corrected chi connectivity index (χ0v) is 18.0. The standard InChI is InChI=1S/C24H28N2O5/c1-4-14-5-9-17(10-6-14)25-18(27)12-31-24(30)21(13(2)3)26-22(28)19-15-7-8-16(11-15)20(19)23(26)29/h5-10,13,15-16,19-21H,4,11-12H2,1-3H3,(H,25,27)/t15-,16-,19-,20+,21+/m0/s1. The summed E-state index contributed by atoms with van der Waals surface area (Å²) in [5, 5.41) is 2.68. The highest BCUT2D eigenvalue weighted by Gasteiger charge is 2.61. The van der Waals surface area contributed by atoms with Crippen molar-refractivity contribution in [1.82, 2.24) is 4.90 Å². The Morgan fingerprint density at radius 3 is 2.16 bits per heavy atom. The first kappa shape index (κ1) is 21.3. The van der Waals surface area contributed by atoms with E-state index >= 15 is 0 Å². The number of nitrogens with zero attached hydrogens (tertiary/aromatic N) is 1. The van der Waals surface area contributed by atoms with Crippen LogP contribution in [-0.2, 0) is 30.3 Å². The molecule has 7 heteroatoms. The van der Waals surface area contributed by atoms with E-state index < -0.39 is 24.5 Å². The molecule has 164 valence electrons. The molecule has 2 aliphatic carbocycles. The molecule has 1 aromatic rings. The number of fused-ring (bicyclic) bond motifs is 5. The molecule has 1 saturated carbocycles. The lowest BCUT2D eigenvalue weighted by Crippen LogP contribution is -2.50. The number of amides is 3. The Labute approximate surface area is 181 Å². The van der Waals surface area contributed by atoms with Crippen LogP contribution in [0.3, 0.4) is 0 Å². The molecule has 7 nitrogen and oxygen atoms in total. The molecule has 0 radical (unpaired) electrons. The van der Waals surface area contributed by atoms with Crippen molar-refractivity contribution < 1.29 is 23.9 Å². The Balaban J connectivity index is 1.39. The zero-order chi connectivity index (χ0) is 22.3. The van der Waals surface area contributed by atoms with Crippen molar-refractivity contribution in [3.63, 3.8) is 0 Å². The van der Waals surface area contributed by atoms with Crippen molar-refractivity contribution in [3.05, 3.63) is 42.0 Å². The molecule has 1 aliphatic heterocycles. The summed E-state index contributed by atoms with van der Waals surface area (Å²) in [4.78, 5) is 52.3. The van der Waals surface area contributed by atoms with Crippen molar-refractivity contribution in [2.24, 2.45) is 29.6 Å². The number of aryl methyl sites for hydroxylation is 1. The number of carbonyl (C=O) groups excluding carboxylic acids is 4. The van der Waals surface area contributed by atoms with Gasteiger partial charge in [0, 0.05) is 5.69 Å². The number of carbonyl (C=O) groups is 4. The van der Waals surface area contributed by atoms with Crippen LogP contribution < -0.4 is 5.32 Å². The second-order valence-corrected chi connectivity index (χ2v) is 8.94. The second kappa shape index (κ2) is 8.29. The van der Waals surface area contributed by atoms with E-state index in [1.54, 1.807) is 26.0 Å². The van der Waals surface area contributed by atoms with E-state index in [0.29, 0.717) is 5.69 Å². The molecule has 1 saturated heterocycles. The van der Waals surface area contributed by atoms with Crippen LogP contribution in [0.2, 0.25) is 0 Å². The number of nitrogens with one attached hydrogen (secondary N) is 1. The van der Waals surface area contributed by atoms with Crippen molar-refractivity contribution in [1.29, 1.82) is 0 Å². The molecule has 5 atom stereocenters. The van der Waals surface area contributed by atoms with E-state index in [1.165, 1.54) is 0 Å². The summed E-state index contributed by atoms with van der Waals surface area (Å²) in [6, 6.07) is 6.39. The third kappa shape index (κ3) is 3.77. The minimum Gasteiger partial charge on any atom is -0.454 e. The zero-order valence-electron chi connectivity index (χ0n) is 18.0. The van der Waals surface area contributed by atoms with Crippen LogP contribution in [0.25, 0.3) is 0 Å². The number of anilines is 1. The number of imide groups is 1. The smallest absolute Gasteiger partial charge is 0.330 e. The first-order chi connectivity index (χ1) is 14.8. The fraction of sp³-hybridized carbons (Fsp3) is 0.500. The van der Waals surface area contributed by atoms with Crippen LogP contribution >= 0.6 is 0 Å². The van der Waals surface area contributed by atoms with E-state index in [1.807, 2.05) is 31.2 Å². The Bertz CT molecular complexity index is 906. The van der Waals surface area contributed by atoms with Gasteiger partial charge in [0.25, 0.3) is 5.91 Å². The van der Waals surface area contributed by atoms with Crippen LogP contribution in [0.5, 0.6) is 0 Å². The summed E-state index contributed by atoms with van der Waals surface area (Å²) in [7, 11) is 0. The van der Waals surface area contributed by atoms with E-state index in [9.17, 15) is 19.2 Å². The summed E-state index contributed by atoms with van der Waals surface area (Å²) in [6.07, 6.45) is 5.76. The molecular formula is C24H28N2O5. The molecule has 1 heterocycles. The molecule has 1 N–H and O–H groups in total. The Hall–Kier alpha value is -2.96. The number of hydrogen-bond donors (Lipinski definition) is 1. The third-order valence-corrected chi connectivity index (χ3v) is 6.65. The molecule has 4 rings (SSSR count). The van der Waals surface area contributed by atoms with E-state index in [0.717, 1.165) is 23.3 Å². The largest absolute Gasteiger partial charge is 0.454 e. The SMILES string of the molecule is CCc1ccc(NC(=O)COC(=O)[C@@H](C(C)C)N2C(=O)[C@@H]3[C@H](C2=O)[C@H]2C=C[C@H]3C2)cc1. The Kier molecular flexibility index (Phi) is 5.69. The van der Waals surface area contributed by atoms with Crippen molar-refractivity contribution in [2.45, 2.75) is 39.7 Å². The maximum atomic E-state index is 13.1. The highest BCUT2D eigenvalue weighted by Crippen LogP contribution is 2.53. The van der Waals surface area contributed by atoms with Crippen molar-refractivity contribution >= 4 is 29.4 Å². The summed E-state index contributed by atoms with van der Waals surface area (Å²) >= 11 is 0. The lowest BCUT2D eigenvalue weighted by Gasteiger charge is -2.28. The van der Waals surface area contributed by atoms with Crippen LogP contribution in [-0.4, -0.2) is 41.2 Å². The van der Waals surface area contributed by atoms with Gasteiger partial charge in [0.1, 0.15) is 6.04 Å². The first-order valence-corrected chi connectivity index (χ1v) is 10.9. The molecule has 1 aromatic carbocycles. The predicted octanol–water partition coefficient (Wildman–Crippen LogP) is 2.56. The summed E-state index contributed by atoms with van der Waals surface area (Å²) in [6.45, 7) is 5.10. The van der Waals surface area contributed by atoms with Gasteiger partial charge in [-0.25, -0.2) is 4.79 Å². The monoisotopic (exact) mass is 424 g/mol. The quantitative estimate of drug-likeness (QED) is 0.413. The van der Waals surface area contributed by atoms with Gasteiger partial charge in [-0.1, -0.05) is 45.1 Å². The normalized spacial score (nSPS) is 27.0. The van der Waals surface area contributed by atoms with Crippen LogP contribution in [0, 0.1) is 29.6 Å². The highest BCUT2D eigenvalue weighted by molar-refractivity contribution is 6.09. The van der Waals surface area contributed by atoms with Gasteiger partial charge in [-0.2, -0.15) is 0 Å². The summed E-state index contributed by atoms with van der Waals surface area (Å²) in [5.74, 6) is -2.70. The van der Waals surface area contributed by atoms with Crippen molar-refractivity contribution in [3.8, 4) is 0 Å². The summed E-state index contributed by atoms with van der Waals surface area (Å²) < 4.78 is 5.23. The number of ether oxygens (including phenoxy) is 1. The number of hydrogen-bond acceptors (Lipinski definition) is 5. The first-order valence-electron chi connectivity index (χ1n) is 10.9. The summed E-state index contributed by atoms with van der Waals surface area (Å²) in [5.41, 5.74) is 1.76. The van der Waals surface area contributed by atoms with Gasteiger partial charge < -0.3 is 10.1 Å². The fourth-order valence-electron chi connectivity index (χ4n) is 5.12. The second-order valence-electron chi connectivity index (χ2n) is 8.94. The van der Waals surface area contributed by atoms with Gasteiger partial charge in [0.05, 0.1) is 11.8 Å². The van der Waals surface area contributed by atoms with Gasteiger partial charge in [-0.15, -0.1) is 0 Å². The number of likely N-dealkylation sites (tertiary alicyclic amines) is 1. The van der Waals surface area contributed by atoms with Crippen LogP contribution in [0.4, 0.5) is 5.69 Å². The number of esters is 1. The Morgan fingerprint density at radius 2 is 1.65 bits per heavy atom. The van der Waals surface area contributed by atoms with E-state index in [2.05, 4.69) is 5.32 Å². The molecule has 2 bridgehead atoms. The van der Waals surface area contributed by atoms with Crippen molar-refractivity contribution in [2.75, 3.05) is 11.9 Å². The van der Waals surface area contributed by atoms with Gasteiger partial charge in [-0.3, -0.25) is 19.3 Å². The lowest BCUT2D eigenvalue weighted by atomic mass is 9.85. The molecule has 31 heavy (non-hydrogen) atoms. The number of rotatable bonds is 7. The maximum absolute atomic E-state index is 13.1. The maximum Gasteiger partial charge on any atom is 0.330 e. The topological polar surface area (TPSA) is 92.8 Å². The number of allylic oxidation sites excluding steroid dienone is 2. The molecule has 3 amide bonds. The third-order valence-electron chi connectivity index (χ3n) is 6.65. The fourth-order valence-corrected chi connectivity index (χ4v) is 5.12. The minimum absolute atomic E-state index is 0.0742. The molecule has 0 aromatic heterocycles. The molecular weight excluding hydrogens is 396 g/mol. The van der Waals surface area contributed by atoms with E-state index in [-0.39, 0.29) is 41.4 Å². The predicted molar refractivity (Wildman–Crippen MR) is 114 cm³/mol. The lowest BCUT2D eigenvalue weighted by molar-refractivity contribution is -0.162. The van der Waals surface area contributed by atoms with Crippen LogP contribution in [0.15, 0.2) is 36.4 Å². The average Bonchev–Trinajstić information content (AvgIpc) is 3.42.